The highest BCUT2D eigenvalue weighted by atomic mass is 35.5. The van der Waals surface area contributed by atoms with Gasteiger partial charge in [-0.3, -0.25) is 4.90 Å². The van der Waals surface area contributed by atoms with Gasteiger partial charge in [0, 0.05) is 48.7 Å². The Morgan fingerprint density at radius 3 is 2.74 bits per heavy atom. The minimum Gasteiger partial charge on any atom is -0.381 e. The zero-order valence-corrected chi connectivity index (χ0v) is 17.9. The molecule has 3 heterocycles. The summed E-state index contributed by atoms with van der Waals surface area (Å²) in [6, 6.07) is 6.85. The lowest BCUT2D eigenvalue weighted by Gasteiger charge is -2.35. The number of morpholine rings is 1. The molecule has 1 aromatic carbocycles. The molecule has 0 aliphatic carbocycles. The maximum absolute atomic E-state index is 13.1. The van der Waals surface area contributed by atoms with E-state index in [0.29, 0.717) is 48.8 Å². The van der Waals surface area contributed by atoms with E-state index in [1.54, 1.807) is 12.1 Å². The molecule has 31 heavy (non-hydrogen) atoms. The third-order valence-electron chi connectivity index (χ3n) is 5.67. The van der Waals surface area contributed by atoms with E-state index in [-0.39, 0.29) is 13.2 Å². The predicted molar refractivity (Wildman–Crippen MR) is 110 cm³/mol. The molecule has 2 aliphatic rings. The lowest BCUT2D eigenvalue weighted by atomic mass is 10.0. The highest BCUT2D eigenvalue weighted by Gasteiger charge is 2.36. The monoisotopic (exact) mass is 458 g/mol. The van der Waals surface area contributed by atoms with Crippen LogP contribution in [0.3, 0.4) is 0 Å². The maximum Gasteiger partial charge on any atom is 0.401 e. The molecule has 0 bridgehead atoms. The van der Waals surface area contributed by atoms with Gasteiger partial charge in [-0.15, -0.1) is 0 Å². The Balaban J connectivity index is 1.59. The van der Waals surface area contributed by atoms with E-state index >= 15 is 0 Å². The summed E-state index contributed by atoms with van der Waals surface area (Å²) in [5, 5.41) is 5.27. The van der Waals surface area contributed by atoms with E-state index in [1.165, 1.54) is 4.90 Å². The lowest BCUT2D eigenvalue weighted by Crippen LogP contribution is -2.50. The van der Waals surface area contributed by atoms with E-state index in [4.69, 9.17) is 31.2 Å². The van der Waals surface area contributed by atoms with Crippen LogP contribution in [0.2, 0.25) is 5.02 Å². The second-order valence-electron chi connectivity index (χ2n) is 8.15. The van der Waals surface area contributed by atoms with Crippen LogP contribution in [0.5, 0.6) is 0 Å². The van der Waals surface area contributed by atoms with Crippen molar-refractivity contribution in [2.75, 3.05) is 39.5 Å². The standard InChI is InChI=1S/C21H26ClF3N4O2/c22-17-5-1-4-16(9-17)20-26-19(29(27-20)11-15-3-2-7-30-12-15)10-18-13-31-8-6-28(18)14-21(23,24)25/h1,4-5,9,15,18H,2-3,6-8,10-14H2. The summed E-state index contributed by atoms with van der Waals surface area (Å²) in [6.45, 7) is 1.87. The molecular weight excluding hydrogens is 433 g/mol. The molecule has 0 N–H and O–H groups in total. The molecule has 0 amide bonds. The van der Waals surface area contributed by atoms with Gasteiger partial charge in [-0.1, -0.05) is 23.7 Å². The first-order valence-electron chi connectivity index (χ1n) is 10.5. The van der Waals surface area contributed by atoms with Crippen molar-refractivity contribution >= 4 is 11.6 Å². The number of aromatic nitrogens is 3. The van der Waals surface area contributed by atoms with E-state index in [0.717, 1.165) is 25.0 Å². The van der Waals surface area contributed by atoms with Gasteiger partial charge >= 0.3 is 6.18 Å². The number of hydrogen-bond donors (Lipinski definition) is 0. The number of ether oxygens (including phenoxy) is 2. The van der Waals surface area contributed by atoms with E-state index in [1.807, 2.05) is 16.8 Å². The van der Waals surface area contributed by atoms with E-state index < -0.39 is 18.8 Å². The molecule has 1 aromatic heterocycles. The van der Waals surface area contributed by atoms with Crippen LogP contribution in [0.1, 0.15) is 18.7 Å². The van der Waals surface area contributed by atoms with Crippen LogP contribution in [0.25, 0.3) is 11.4 Å². The van der Waals surface area contributed by atoms with Crippen molar-refractivity contribution < 1.29 is 22.6 Å². The summed E-state index contributed by atoms with van der Waals surface area (Å²) in [5.41, 5.74) is 0.777. The number of rotatable bonds is 6. The third-order valence-corrected chi connectivity index (χ3v) is 5.90. The van der Waals surface area contributed by atoms with Crippen molar-refractivity contribution in [3.8, 4) is 11.4 Å². The summed E-state index contributed by atoms with van der Waals surface area (Å²) in [6.07, 6.45) is -1.91. The van der Waals surface area contributed by atoms with Crippen LogP contribution in [0, 0.1) is 5.92 Å². The topological polar surface area (TPSA) is 52.4 Å². The largest absolute Gasteiger partial charge is 0.401 e. The minimum absolute atomic E-state index is 0.238. The number of benzene rings is 1. The van der Waals surface area contributed by atoms with Crippen molar-refractivity contribution in [3.05, 3.63) is 35.1 Å². The smallest absolute Gasteiger partial charge is 0.381 e. The maximum atomic E-state index is 13.1. The number of hydrogen-bond acceptors (Lipinski definition) is 5. The van der Waals surface area contributed by atoms with E-state index in [2.05, 4.69) is 0 Å². The highest BCUT2D eigenvalue weighted by molar-refractivity contribution is 6.30. The fourth-order valence-electron chi connectivity index (χ4n) is 4.14. The SMILES string of the molecule is FC(F)(F)CN1CCOCC1Cc1nc(-c2cccc(Cl)c2)nn1CC1CCCOC1. The summed E-state index contributed by atoms with van der Waals surface area (Å²) in [5.74, 6) is 1.48. The third kappa shape index (κ3) is 6.19. The zero-order valence-electron chi connectivity index (χ0n) is 17.2. The molecule has 10 heteroatoms. The summed E-state index contributed by atoms with van der Waals surface area (Å²) < 4.78 is 52.1. The first kappa shape index (κ1) is 22.5. The second kappa shape index (κ2) is 9.85. The van der Waals surface area contributed by atoms with Crippen LogP contribution in [0.4, 0.5) is 13.2 Å². The fraction of sp³-hybridized carbons (Fsp3) is 0.619. The number of halogens is 4. The van der Waals surface area contributed by atoms with Crippen LogP contribution in [-0.2, 0) is 22.4 Å². The van der Waals surface area contributed by atoms with Gasteiger partial charge < -0.3 is 9.47 Å². The Morgan fingerprint density at radius 2 is 2.00 bits per heavy atom. The molecule has 2 unspecified atom stereocenters. The molecule has 2 saturated heterocycles. The molecule has 2 atom stereocenters. The van der Waals surface area contributed by atoms with Crippen LogP contribution in [0.15, 0.2) is 24.3 Å². The molecule has 170 valence electrons. The molecule has 0 saturated carbocycles. The lowest BCUT2D eigenvalue weighted by molar-refractivity contribution is -0.162. The normalized spacial score (nSPS) is 23.2. The highest BCUT2D eigenvalue weighted by Crippen LogP contribution is 2.25. The Morgan fingerprint density at radius 1 is 1.16 bits per heavy atom. The molecule has 0 spiro atoms. The van der Waals surface area contributed by atoms with Crippen molar-refractivity contribution in [1.82, 2.24) is 19.7 Å². The molecule has 0 radical (unpaired) electrons. The van der Waals surface area contributed by atoms with Crippen molar-refractivity contribution in [2.24, 2.45) is 5.92 Å². The average molecular weight is 459 g/mol. The van der Waals surface area contributed by atoms with Gasteiger partial charge in [-0.2, -0.15) is 18.3 Å². The van der Waals surface area contributed by atoms with Gasteiger partial charge in [0.1, 0.15) is 5.82 Å². The molecular formula is C21H26ClF3N4O2. The van der Waals surface area contributed by atoms with Crippen molar-refractivity contribution in [3.63, 3.8) is 0 Å². The first-order chi connectivity index (χ1) is 14.9. The van der Waals surface area contributed by atoms with Crippen molar-refractivity contribution in [1.29, 1.82) is 0 Å². The second-order valence-corrected chi connectivity index (χ2v) is 8.58. The first-order valence-corrected chi connectivity index (χ1v) is 10.9. The Kier molecular flexibility index (Phi) is 7.15. The molecule has 6 nitrogen and oxygen atoms in total. The molecule has 4 rings (SSSR count). The van der Waals surface area contributed by atoms with Gasteiger partial charge in [-0.05, 0) is 25.0 Å². The van der Waals surface area contributed by atoms with Gasteiger partial charge in [0.2, 0.25) is 0 Å². The van der Waals surface area contributed by atoms with Gasteiger partial charge in [-0.25, -0.2) is 9.67 Å². The fourth-order valence-corrected chi connectivity index (χ4v) is 4.33. The summed E-state index contributed by atoms with van der Waals surface area (Å²) in [4.78, 5) is 6.14. The van der Waals surface area contributed by atoms with Crippen LogP contribution in [-0.4, -0.2) is 71.4 Å². The van der Waals surface area contributed by atoms with Crippen LogP contribution >= 0.6 is 11.6 Å². The number of nitrogens with zero attached hydrogens (tertiary/aromatic N) is 4. The quantitative estimate of drug-likeness (QED) is 0.658. The summed E-state index contributed by atoms with van der Waals surface area (Å²) in [7, 11) is 0. The van der Waals surface area contributed by atoms with Crippen LogP contribution < -0.4 is 0 Å². The summed E-state index contributed by atoms with van der Waals surface area (Å²) >= 11 is 6.12. The minimum atomic E-state index is -4.26. The zero-order chi connectivity index (χ0) is 21.8. The van der Waals surface area contributed by atoms with Gasteiger partial charge in [0.25, 0.3) is 0 Å². The average Bonchev–Trinajstić information content (AvgIpc) is 3.11. The number of alkyl halides is 3. The van der Waals surface area contributed by atoms with Gasteiger partial charge in [0.05, 0.1) is 26.4 Å². The Labute approximate surface area is 184 Å². The Hall–Kier alpha value is -1.68. The molecule has 2 fully saturated rings. The Bertz CT molecular complexity index is 871. The molecule has 2 aliphatic heterocycles. The van der Waals surface area contributed by atoms with E-state index in [9.17, 15) is 13.2 Å². The molecule has 2 aromatic rings. The predicted octanol–water partition coefficient (Wildman–Crippen LogP) is 3.83. The van der Waals surface area contributed by atoms with Crippen molar-refractivity contribution in [2.45, 2.75) is 38.0 Å². The van der Waals surface area contributed by atoms with Gasteiger partial charge in [0.15, 0.2) is 5.82 Å².